The summed E-state index contributed by atoms with van der Waals surface area (Å²) in [4.78, 5) is 0. The van der Waals surface area contributed by atoms with Gasteiger partial charge in [-0.3, -0.25) is 0 Å². The Morgan fingerprint density at radius 1 is 0.970 bits per heavy atom. The van der Waals surface area contributed by atoms with E-state index in [1.807, 2.05) is 0 Å². The first-order chi connectivity index (χ1) is 15.4. The number of allylic oxidation sites excluding steroid dienone is 2. The number of ether oxygens (including phenoxy) is 2. The third-order valence-electron chi connectivity index (χ3n) is 7.86. The maximum absolute atomic E-state index is 10.8. The van der Waals surface area contributed by atoms with Crippen molar-refractivity contribution >= 4 is 0 Å². The Balaban J connectivity index is 2.21. The molecule has 0 aromatic heterocycles. The molecule has 0 aromatic carbocycles. The molecule has 0 bridgehead atoms. The fraction of sp³-hybridized carbons (Fsp3) is 0.933. The zero-order chi connectivity index (χ0) is 25.0. The molecule has 3 heteroatoms. The topological polar surface area (TPSA) is 38.7 Å². The average molecular weight is 467 g/mol. The predicted molar refractivity (Wildman–Crippen MR) is 143 cm³/mol. The second-order valence-electron chi connectivity index (χ2n) is 12.4. The van der Waals surface area contributed by atoms with Crippen LogP contribution in [0.5, 0.6) is 0 Å². The number of aliphatic hydroxyl groups is 1. The fourth-order valence-electron chi connectivity index (χ4n) is 5.20. The van der Waals surface area contributed by atoms with Crippen LogP contribution in [0.1, 0.15) is 120 Å². The summed E-state index contributed by atoms with van der Waals surface area (Å²) in [5.74, 6) is 2.73. The number of hydrogen-bond acceptors (Lipinski definition) is 3. The highest BCUT2D eigenvalue weighted by Crippen LogP contribution is 2.35. The molecule has 1 N–H and O–H groups in total. The first-order valence-electron chi connectivity index (χ1n) is 14.0. The van der Waals surface area contributed by atoms with E-state index < -0.39 is 0 Å². The van der Waals surface area contributed by atoms with Crippen LogP contribution in [0.25, 0.3) is 0 Å². The summed E-state index contributed by atoms with van der Waals surface area (Å²) in [6.07, 6.45) is 12.5. The minimum absolute atomic E-state index is 0.00935. The SMILES string of the molecule is CC(C)=CCCC(C)CCOC(C)(C)CCCC(C)CCOC1C(O)[C@H](C(C)C)CC[C@H]1C. The summed E-state index contributed by atoms with van der Waals surface area (Å²) in [5.41, 5.74) is 1.38. The largest absolute Gasteiger partial charge is 0.390 e. The lowest BCUT2D eigenvalue weighted by Crippen LogP contribution is -2.46. The lowest BCUT2D eigenvalue weighted by atomic mass is 9.73. The highest BCUT2D eigenvalue weighted by Gasteiger charge is 2.38. The smallest absolute Gasteiger partial charge is 0.0862 e. The Hall–Kier alpha value is -0.380. The van der Waals surface area contributed by atoms with Crippen molar-refractivity contribution in [3.63, 3.8) is 0 Å². The molecule has 1 aliphatic carbocycles. The molecule has 0 radical (unpaired) electrons. The van der Waals surface area contributed by atoms with Crippen LogP contribution in [0, 0.1) is 29.6 Å². The molecule has 6 atom stereocenters. The molecule has 0 amide bonds. The van der Waals surface area contributed by atoms with Gasteiger partial charge in [-0.25, -0.2) is 0 Å². The van der Waals surface area contributed by atoms with Crippen molar-refractivity contribution in [1.29, 1.82) is 0 Å². The number of hydrogen-bond donors (Lipinski definition) is 1. The van der Waals surface area contributed by atoms with Crippen LogP contribution in [0.4, 0.5) is 0 Å². The van der Waals surface area contributed by atoms with E-state index in [1.165, 1.54) is 37.7 Å². The molecule has 0 heterocycles. The van der Waals surface area contributed by atoms with Gasteiger partial charge in [0.1, 0.15) is 0 Å². The van der Waals surface area contributed by atoms with E-state index >= 15 is 0 Å². The Kier molecular flexibility index (Phi) is 14.5. The van der Waals surface area contributed by atoms with Gasteiger partial charge in [0.15, 0.2) is 0 Å². The van der Waals surface area contributed by atoms with Gasteiger partial charge < -0.3 is 14.6 Å². The van der Waals surface area contributed by atoms with Crippen LogP contribution in [0.3, 0.4) is 0 Å². The molecule has 3 nitrogen and oxygen atoms in total. The average Bonchev–Trinajstić information content (AvgIpc) is 2.69. The number of rotatable bonds is 16. The summed E-state index contributed by atoms with van der Waals surface area (Å²) in [7, 11) is 0. The van der Waals surface area contributed by atoms with Gasteiger partial charge in [-0.05, 0) is 102 Å². The summed E-state index contributed by atoms with van der Waals surface area (Å²) in [6, 6.07) is 0. The van der Waals surface area contributed by atoms with E-state index in [0.717, 1.165) is 44.8 Å². The zero-order valence-electron chi connectivity index (χ0n) is 23.7. The second-order valence-corrected chi connectivity index (χ2v) is 12.4. The molecule has 0 saturated heterocycles. The highest BCUT2D eigenvalue weighted by atomic mass is 16.5. The molecule has 0 aliphatic heterocycles. The lowest BCUT2D eigenvalue weighted by Gasteiger charge is -2.40. The summed E-state index contributed by atoms with van der Waals surface area (Å²) in [5, 5.41) is 10.8. The standard InChI is InChI=1S/C30H58O3/c1-22(2)12-10-13-24(5)18-21-33-30(8,9)19-11-14-25(6)17-20-32-29-26(7)15-16-27(23(3)4)28(29)31/h12,23-29,31H,10-11,13-21H2,1-9H3/t24?,25?,26-,27+,28?,29?/m1/s1. The molecule has 33 heavy (non-hydrogen) atoms. The molecule has 1 rings (SSSR count). The van der Waals surface area contributed by atoms with Gasteiger partial charge in [0.2, 0.25) is 0 Å². The van der Waals surface area contributed by atoms with Gasteiger partial charge in [-0.1, -0.05) is 59.1 Å². The summed E-state index contributed by atoms with van der Waals surface area (Å²) in [6.45, 7) is 21.8. The van der Waals surface area contributed by atoms with E-state index in [1.54, 1.807) is 0 Å². The Bertz CT molecular complexity index is 535. The van der Waals surface area contributed by atoms with Gasteiger partial charge in [0.05, 0.1) is 17.8 Å². The van der Waals surface area contributed by atoms with E-state index in [2.05, 4.69) is 68.4 Å². The second kappa shape index (κ2) is 15.6. The van der Waals surface area contributed by atoms with Crippen LogP contribution in [0.2, 0.25) is 0 Å². The van der Waals surface area contributed by atoms with Gasteiger partial charge in [0, 0.05) is 13.2 Å². The summed E-state index contributed by atoms with van der Waals surface area (Å²) >= 11 is 0. The number of aliphatic hydroxyl groups excluding tert-OH is 1. The van der Waals surface area contributed by atoms with Crippen molar-refractivity contribution in [1.82, 2.24) is 0 Å². The Labute approximate surface area is 207 Å². The molecule has 1 fully saturated rings. The van der Waals surface area contributed by atoms with Crippen molar-refractivity contribution in [2.45, 2.75) is 138 Å². The maximum Gasteiger partial charge on any atom is 0.0862 e. The van der Waals surface area contributed by atoms with E-state index in [9.17, 15) is 5.11 Å². The van der Waals surface area contributed by atoms with E-state index in [-0.39, 0.29) is 17.8 Å². The maximum atomic E-state index is 10.8. The molecular weight excluding hydrogens is 408 g/mol. The molecule has 1 saturated carbocycles. The minimum Gasteiger partial charge on any atom is -0.390 e. The van der Waals surface area contributed by atoms with Gasteiger partial charge in [0.25, 0.3) is 0 Å². The van der Waals surface area contributed by atoms with Crippen LogP contribution in [-0.4, -0.2) is 36.1 Å². The highest BCUT2D eigenvalue weighted by molar-refractivity contribution is 4.92. The van der Waals surface area contributed by atoms with Crippen molar-refractivity contribution in [3.8, 4) is 0 Å². The van der Waals surface area contributed by atoms with Crippen molar-refractivity contribution in [3.05, 3.63) is 11.6 Å². The lowest BCUT2D eigenvalue weighted by molar-refractivity contribution is -0.119. The van der Waals surface area contributed by atoms with Gasteiger partial charge in [-0.15, -0.1) is 0 Å². The van der Waals surface area contributed by atoms with Crippen LogP contribution >= 0.6 is 0 Å². The van der Waals surface area contributed by atoms with Crippen LogP contribution < -0.4 is 0 Å². The molecule has 4 unspecified atom stereocenters. The van der Waals surface area contributed by atoms with Gasteiger partial charge >= 0.3 is 0 Å². The Morgan fingerprint density at radius 2 is 1.61 bits per heavy atom. The molecule has 196 valence electrons. The molecule has 0 spiro atoms. The monoisotopic (exact) mass is 466 g/mol. The van der Waals surface area contributed by atoms with E-state index in [0.29, 0.717) is 23.7 Å². The van der Waals surface area contributed by atoms with Crippen molar-refractivity contribution in [2.75, 3.05) is 13.2 Å². The zero-order valence-corrected chi connectivity index (χ0v) is 23.7. The summed E-state index contributed by atoms with van der Waals surface area (Å²) < 4.78 is 12.5. The molecule has 0 aromatic rings. The predicted octanol–water partition coefficient (Wildman–Crippen LogP) is 8.20. The molecule has 1 aliphatic rings. The third-order valence-corrected chi connectivity index (χ3v) is 7.86. The first-order valence-corrected chi connectivity index (χ1v) is 14.0. The van der Waals surface area contributed by atoms with Crippen LogP contribution in [0.15, 0.2) is 11.6 Å². The Morgan fingerprint density at radius 3 is 2.24 bits per heavy atom. The third kappa shape index (κ3) is 12.8. The fourth-order valence-corrected chi connectivity index (χ4v) is 5.20. The van der Waals surface area contributed by atoms with E-state index in [4.69, 9.17) is 9.47 Å². The minimum atomic E-state index is -0.308. The van der Waals surface area contributed by atoms with Gasteiger partial charge in [-0.2, -0.15) is 0 Å². The molecular formula is C30H58O3. The first kappa shape index (κ1) is 30.7. The van der Waals surface area contributed by atoms with Crippen LogP contribution in [-0.2, 0) is 9.47 Å². The normalized spacial score (nSPS) is 25.8. The van der Waals surface area contributed by atoms with Crippen molar-refractivity contribution < 1.29 is 14.6 Å². The van der Waals surface area contributed by atoms with Crippen molar-refractivity contribution in [2.24, 2.45) is 29.6 Å². The quantitative estimate of drug-likeness (QED) is 0.233.